The molecule has 0 aliphatic heterocycles. The standard InChI is InChI=1S/B.Si.Ta.Ti. The van der Waals surface area contributed by atoms with Crippen LogP contribution in [0.2, 0.25) is 0 Å². The third-order valence-corrected chi connectivity index (χ3v) is 0. The fourth-order valence-electron chi connectivity index (χ4n) is 0. The number of hydrogen-bond donors (Lipinski definition) is 0. The smallest absolute Gasteiger partial charge is 0 e. The summed E-state index contributed by atoms with van der Waals surface area (Å²) in [5, 5.41) is 0. The zero-order valence-corrected chi connectivity index (χ0v) is 7.80. The molecule has 0 N–H and O–H groups in total. The van der Waals surface area contributed by atoms with Gasteiger partial charge in [-0.15, -0.1) is 0 Å². The summed E-state index contributed by atoms with van der Waals surface area (Å²) in [6.07, 6.45) is 0. The first-order valence-electron chi connectivity index (χ1n) is 0. The van der Waals surface area contributed by atoms with E-state index in [-0.39, 0.29) is 63.5 Å². The summed E-state index contributed by atoms with van der Waals surface area (Å²) < 4.78 is 0. The van der Waals surface area contributed by atoms with Crippen LogP contribution in [-0.4, -0.2) is 19.4 Å². The van der Waals surface area contributed by atoms with Crippen molar-refractivity contribution in [2.45, 2.75) is 0 Å². The van der Waals surface area contributed by atoms with Gasteiger partial charge in [-0.2, -0.15) is 0 Å². The average Bonchev–Trinajstić information content (AvgIpc) is 0. The molecule has 0 heterocycles. The van der Waals surface area contributed by atoms with Gasteiger partial charge in [0.25, 0.3) is 0 Å². The van der Waals surface area contributed by atoms with Gasteiger partial charge < -0.3 is 0 Å². The van der Waals surface area contributed by atoms with Crippen molar-refractivity contribution in [3.05, 3.63) is 0 Å². The quantitative estimate of drug-likeness (QED) is 0.506. The van der Waals surface area contributed by atoms with Crippen molar-refractivity contribution in [1.82, 2.24) is 0 Å². The predicted molar refractivity (Wildman–Crippen MR) is 11.5 cm³/mol. The van der Waals surface area contributed by atoms with Gasteiger partial charge in [0.1, 0.15) is 0 Å². The maximum Gasteiger partial charge on any atom is 0 e. The van der Waals surface area contributed by atoms with E-state index in [1.54, 1.807) is 0 Å². The molecule has 8 radical (unpaired) electrons. The van der Waals surface area contributed by atoms with Crippen molar-refractivity contribution in [3.8, 4) is 0 Å². The fraction of sp³-hybridized carbons (Fsp3) is 0. The molecule has 4 heteroatoms. The van der Waals surface area contributed by atoms with E-state index in [1.807, 2.05) is 0 Å². The van der Waals surface area contributed by atoms with Crippen LogP contribution < -0.4 is 0 Å². The molecule has 0 aromatic rings. The maximum absolute atomic E-state index is 0. The molecule has 0 spiro atoms. The molecule has 0 rings (SSSR count). The Bertz CT molecular complexity index is 8.00. The van der Waals surface area contributed by atoms with E-state index in [0.717, 1.165) is 0 Å². The van der Waals surface area contributed by atoms with Crippen molar-refractivity contribution < 1.29 is 44.1 Å². The zero-order chi connectivity index (χ0) is 0. The minimum absolute atomic E-state index is 0. The molecular formula is BSiTaTi. The van der Waals surface area contributed by atoms with E-state index in [4.69, 9.17) is 0 Å². The summed E-state index contributed by atoms with van der Waals surface area (Å²) in [5.74, 6) is 0. The third kappa shape index (κ3) is 9.28. The second-order valence-electron chi connectivity index (χ2n) is 0. The summed E-state index contributed by atoms with van der Waals surface area (Å²) in [5.41, 5.74) is 0. The van der Waals surface area contributed by atoms with Gasteiger partial charge in [0, 0.05) is 63.5 Å². The number of rotatable bonds is 0. The van der Waals surface area contributed by atoms with Crippen LogP contribution in [0.25, 0.3) is 0 Å². The monoisotopic (exact) mass is 268 g/mol. The molecule has 0 aliphatic rings. The molecular weight excluding hydrogens is 268 g/mol. The molecule has 0 saturated carbocycles. The Morgan fingerprint density at radius 1 is 1.00 bits per heavy atom. The summed E-state index contributed by atoms with van der Waals surface area (Å²) in [6, 6.07) is 0. The molecule has 0 atom stereocenters. The summed E-state index contributed by atoms with van der Waals surface area (Å²) in [6.45, 7) is 0. The Morgan fingerprint density at radius 2 is 1.00 bits per heavy atom. The van der Waals surface area contributed by atoms with Gasteiger partial charge in [0.15, 0.2) is 0 Å². The van der Waals surface area contributed by atoms with E-state index in [0.29, 0.717) is 0 Å². The van der Waals surface area contributed by atoms with Gasteiger partial charge in [-0.05, 0) is 0 Å². The first-order valence-corrected chi connectivity index (χ1v) is 0. The molecule has 0 nitrogen and oxygen atoms in total. The number of hydrogen-bond acceptors (Lipinski definition) is 0. The van der Waals surface area contributed by atoms with Gasteiger partial charge >= 0.3 is 0 Å². The van der Waals surface area contributed by atoms with Crippen LogP contribution in [-0.2, 0) is 44.1 Å². The second-order valence-corrected chi connectivity index (χ2v) is 0. The molecule has 0 saturated heterocycles. The predicted octanol–water partition coefficient (Wildman–Crippen LogP) is -0.767. The maximum atomic E-state index is 0. The van der Waals surface area contributed by atoms with Crippen molar-refractivity contribution in [2.75, 3.05) is 0 Å². The zero-order valence-electron chi connectivity index (χ0n) is 2.02. The van der Waals surface area contributed by atoms with Crippen molar-refractivity contribution in [2.24, 2.45) is 0 Å². The van der Waals surface area contributed by atoms with E-state index in [9.17, 15) is 0 Å². The summed E-state index contributed by atoms with van der Waals surface area (Å²) >= 11 is 0. The Kier molecular flexibility index (Phi) is 234. The normalized spacial score (nSPS) is 0. The van der Waals surface area contributed by atoms with E-state index >= 15 is 0 Å². The Labute approximate surface area is 63.1 Å². The molecule has 0 unspecified atom stereocenters. The molecule has 0 aromatic heterocycles. The molecule has 0 amide bonds. The molecule has 0 fully saturated rings. The van der Waals surface area contributed by atoms with E-state index in [1.165, 1.54) is 0 Å². The van der Waals surface area contributed by atoms with Crippen LogP contribution in [0.4, 0.5) is 0 Å². The van der Waals surface area contributed by atoms with Crippen LogP contribution in [0.3, 0.4) is 0 Å². The first-order chi connectivity index (χ1) is 0. The van der Waals surface area contributed by atoms with Gasteiger partial charge in [0.2, 0.25) is 0 Å². The SMILES string of the molecule is [B].[Si].[Ta].[Ti]. The average molecular weight is 268 g/mol. The van der Waals surface area contributed by atoms with Crippen LogP contribution in [0.5, 0.6) is 0 Å². The van der Waals surface area contributed by atoms with Crippen LogP contribution in [0.1, 0.15) is 0 Å². The largest absolute Gasteiger partial charge is 0 e. The van der Waals surface area contributed by atoms with Crippen LogP contribution >= 0.6 is 0 Å². The van der Waals surface area contributed by atoms with Crippen LogP contribution in [0.15, 0.2) is 0 Å². The Balaban J connectivity index is 0. The molecule has 0 aliphatic carbocycles. The minimum atomic E-state index is 0. The van der Waals surface area contributed by atoms with E-state index in [2.05, 4.69) is 0 Å². The minimum Gasteiger partial charge on any atom is 0 e. The van der Waals surface area contributed by atoms with Crippen LogP contribution in [0, 0.1) is 0 Å². The molecule has 0 aromatic carbocycles. The topological polar surface area (TPSA) is 0 Å². The second kappa shape index (κ2) is 21.9. The fourth-order valence-corrected chi connectivity index (χ4v) is 0. The third-order valence-electron chi connectivity index (χ3n) is 0. The first kappa shape index (κ1) is 42.7. The summed E-state index contributed by atoms with van der Waals surface area (Å²) in [7, 11) is 0. The van der Waals surface area contributed by atoms with Gasteiger partial charge in [-0.25, -0.2) is 0 Å². The molecule has 16 valence electrons. The Morgan fingerprint density at radius 3 is 1.00 bits per heavy atom. The molecule has 0 bridgehead atoms. The molecule has 4 heavy (non-hydrogen) atoms. The van der Waals surface area contributed by atoms with Gasteiger partial charge in [-0.3, -0.25) is 0 Å². The van der Waals surface area contributed by atoms with Gasteiger partial charge in [0.05, 0.1) is 0 Å². The van der Waals surface area contributed by atoms with Crippen molar-refractivity contribution in [1.29, 1.82) is 0 Å². The summed E-state index contributed by atoms with van der Waals surface area (Å²) in [4.78, 5) is 0. The van der Waals surface area contributed by atoms with Gasteiger partial charge in [-0.1, -0.05) is 0 Å². The Hall–Kier alpha value is 1.74. The van der Waals surface area contributed by atoms with Crippen molar-refractivity contribution in [3.63, 3.8) is 0 Å². The van der Waals surface area contributed by atoms with E-state index < -0.39 is 0 Å². The van der Waals surface area contributed by atoms with Crippen molar-refractivity contribution >= 4 is 19.4 Å².